The summed E-state index contributed by atoms with van der Waals surface area (Å²) in [6, 6.07) is 6.12. The molecular weight excluding hydrogens is 196 g/mol. The Morgan fingerprint density at radius 1 is 1.38 bits per heavy atom. The van der Waals surface area contributed by atoms with E-state index in [9.17, 15) is 0 Å². The fraction of sp³-hybridized carbons (Fsp3) is 0.571. The highest BCUT2D eigenvalue weighted by Gasteiger charge is 2.53. The van der Waals surface area contributed by atoms with Gasteiger partial charge in [-0.1, -0.05) is 12.1 Å². The number of nitrogens with one attached hydrogen (secondary N) is 1. The lowest BCUT2D eigenvalue weighted by Gasteiger charge is -2.18. The average molecular weight is 216 g/mol. The zero-order valence-electron chi connectivity index (χ0n) is 9.92. The number of nitrogen functional groups attached to an aromatic ring is 1. The van der Waals surface area contributed by atoms with Crippen molar-refractivity contribution in [2.24, 2.45) is 11.3 Å². The topological polar surface area (TPSA) is 38.0 Å². The molecule has 1 aromatic carbocycles. The first-order valence-corrected chi connectivity index (χ1v) is 6.30. The molecule has 0 radical (unpaired) electrons. The van der Waals surface area contributed by atoms with E-state index in [0.29, 0.717) is 5.41 Å². The third-order valence-electron chi connectivity index (χ3n) is 4.26. The maximum absolute atomic E-state index is 6.00. The van der Waals surface area contributed by atoms with E-state index in [2.05, 4.69) is 18.3 Å². The van der Waals surface area contributed by atoms with Crippen molar-refractivity contribution in [2.45, 2.75) is 32.6 Å². The molecule has 3 N–H and O–H groups in total. The van der Waals surface area contributed by atoms with Gasteiger partial charge in [0.1, 0.15) is 0 Å². The van der Waals surface area contributed by atoms with Crippen molar-refractivity contribution in [3.63, 3.8) is 0 Å². The van der Waals surface area contributed by atoms with Crippen LogP contribution in [0.1, 0.15) is 31.2 Å². The molecule has 3 rings (SSSR count). The number of benzene rings is 1. The fourth-order valence-corrected chi connectivity index (χ4v) is 2.78. The average Bonchev–Trinajstić information content (AvgIpc) is 3.12. The van der Waals surface area contributed by atoms with E-state index in [1.54, 1.807) is 0 Å². The zero-order valence-corrected chi connectivity index (χ0v) is 9.92. The van der Waals surface area contributed by atoms with E-state index in [1.165, 1.54) is 31.2 Å². The molecule has 2 aliphatic carbocycles. The van der Waals surface area contributed by atoms with Crippen LogP contribution in [0.25, 0.3) is 0 Å². The van der Waals surface area contributed by atoms with Crippen LogP contribution in [0.3, 0.4) is 0 Å². The van der Waals surface area contributed by atoms with Crippen LogP contribution in [0, 0.1) is 18.3 Å². The molecule has 0 aromatic heterocycles. The first-order chi connectivity index (χ1) is 7.71. The van der Waals surface area contributed by atoms with Crippen molar-refractivity contribution in [1.29, 1.82) is 0 Å². The summed E-state index contributed by atoms with van der Waals surface area (Å²) in [6.07, 6.45) is 5.72. The highest BCUT2D eigenvalue weighted by Crippen LogP contribution is 2.61. The van der Waals surface area contributed by atoms with Crippen LogP contribution in [-0.4, -0.2) is 6.54 Å². The van der Waals surface area contributed by atoms with Gasteiger partial charge >= 0.3 is 0 Å². The van der Waals surface area contributed by atoms with Crippen LogP contribution in [0.2, 0.25) is 0 Å². The van der Waals surface area contributed by atoms with E-state index in [1.807, 2.05) is 12.1 Å². The molecular formula is C14H20N2. The minimum absolute atomic E-state index is 0.634. The third kappa shape index (κ3) is 1.66. The Morgan fingerprint density at radius 3 is 2.69 bits per heavy atom. The van der Waals surface area contributed by atoms with Gasteiger partial charge in [-0.2, -0.15) is 0 Å². The van der Waals surface area contributed by atoms with Crippen molar-refractivity contribution in [1.82, 2.24) is 0 Å². The lowest BCUT2D eigenvalue weighted by molar-refractivity contribution is 0.467. The molecule has 0 amide bonds. The van der Waals surface area contributed by atoms with Crippen molar-refractivity contribution >= 4 is 11.4 Å². The molecule has 16 heavy (non-hydrogen) atoms. The van der Waals surface area contributed by atoms with Crippen molar-refractivity contribution in [3.05, 3.63) is 23.8 Å². The molecule has 0 aliphatic heterocycles. The predicted molar refractivity (Wildman–Crippen MR) is 68.5 cm³/mol. The van der Waals surface area contributed by atoms with Gasteiger partial charge in [-0.15, -0.1) is 0 Å². The number of aryl methyl sites for hydroxylation is 1. The first-order valence-electron chi connectivity index (χ1n) is 6.30. The quantitative estimate of drug-likeness (QED) is 0.759. The molecule has 2 saturated carbocycles. The van der Waals surface area contributed by atoms with E-state index in [-0.39, 0.29) is 0 Å². The van der Waals surface area contributed by atoms with E-state index in [0.717, 1.165) is 23.8 Å². The second kappa shape index (κ2) is 3.41. The minimum Gasteiger partial charge on any atom is -0.397 e. The second-order valence-electron chi connectivity index (χ2n) is 5.53. The smallest absolute Gasteiger partial charge is 0.0603 e. The summed E-state index contributed by atoms with van der Waals surface area (Å²) in [6.45, 7) is 3.24. The van der Waals surface area contributed by atoms with Gasteiger partial charge in [0.05, 0.1) is 11.4 Å². The normalized spacial score (nSPS) is 21.8. The molecule has 86 valence electrons. The fourth-order valence-electron chi connectivity index (χ4n) is 2.78. The third-order valence-corrected chi connectivity index (χ3v) is 4.26. The monoisotopic (exact) mass is 216 g/mol. The predicted octanol–water partition coefficient (Wildman–Crippen LogP) is 3.18. The number of para-hydroxylation sites is 1. The molecule has 0 bridgehead atoms. The standard InChI is InChI=1S/C14H20N2/c1-10-3-2-4-12(15)13(10)16-9-14(7-8-14)11-5-6-11/h2-4,11,16H,5-9,15H2,1H3. The van der Waals surface area contributed by atoms with Crippen LogP contribution >= 0.6 is 0 Å². The summed E-state index contributed by atoms with van der Waals surface area (Å²) in [4.78, 5) is 0. The van der Waals surface area contributed by atoms with Gasteiger partial charge in [-0.3, -0.25) is 0 Å². The van der Waals surface area contributed by atoms with Gasteiger partial charge in [0.25, 0.3) is 0 Å². The molecule has 0 unspecified atom stereocenters. The van der Waals surface area contributed by atoms with Crippen LogP contribution in [0.4, 0.5) is 11.4 Å². The Bertz CT molecular complexity index is 383. The van der Waals surface area contributed by atoms with Gasteiger partial charge in [-0.05, 0) is 55.6 Å². The van der Waals surface area contributed by atoms with Gasteiger partial charge < -0.3 is 11.1 Å². The van der Waals surface area contributed by atoms with Gasteiger partial charge in [0.15, 0.2) is 0 Å². The molecule has 0 spiro atoms. The Hall–Kier alpha value is -1.18. The van der Waals surface area contributed by atoms with E-state index in [4.69, 9.17) is 5.73 Å². The molecule has 1 aromatic rings. The zero-order chi connectivity index (χ0) is 11.2. The van der Waals surface area contributed by atoms with Gasteiger partial charge in [0, 0.05) is 6.54 Å². The van der Waals surface area contributed by atoms with Crippen molar-refractivity contribution in [2.75, 3.05) is 17.6 Å². The summed E-state index contributed by atoms with van der Waals surface area (Å²) in [5, 5.41) is 3.58. The Balaban J connectivity index is 1.70. The molecule has 0 saturated heterocycles. The summed E-state index contributed by atoms with van der Waals surface area (Å²) in [7, 11) is 0. The maximum Gasteiger partial charge on any atom is 0.0603 e. The maximum atomic E-state index is 6.00. The molecule has 2 fully saturated rings. The lowest BCUT2D eigenvalue weighted by Crippen LogP contribution is -2.18. The summed E-state index contributed by atoms with van der Waals surface area (Å²) < 4.78 is 0. The molecule has 2 heteroatoms. The Kier molecular flexibility index (Phi) is 2.13. The number of rotatable bonds is 4. The molecule has 0 heterocycles. The molecule has 0 atom stereocenters. The van der Waals surface area contributed by atoms with Crippen LogP contribution < -0.4 is 11.1 Å². The second-order valence-corrected chi connectivity index (χ2v) is 5.53. The number of hydrogen-bond acceptors (Lipinski definition) is 2. The van der Waals surface area contributed by atoms with Crippen molar-refractivity contribution in [3.8, 4) is 0 Å². The summed E-state index contributed by atoms with van der Waals surface area (Å²) in [5.74, 6) is 1.00. The first kappa shape index (κ1) is 10.0. The van der Waals surface area contributed by atoms with E-state index < -0.39 is 0 Å². The SMILES string of the molecule is Cc1cccc(N)c1NCC1(C2CC2)CC1. The number of nitrogens with two attached hydrogens (primary N) is 1. The highest BCUT2D eigenvalue weighted by molar-refractivity contribution is 5.69. The molecule has 2 aliphatic rings. The molecule has 2 nitrogen and oxygen atoms in total. The largest absolute Gasteiger partial charge is 0.397 e. The van der Waals surface area contributed by atoms with Crippen molar-refractivity contribution < 1.29 is 0 Å². The highest BCUT2D eigenvalue weighted by atomic mass is 14.9. The van der Waals surface area contributed by atoms with E-state index >= 15 is 0 Å². The Labute approximate surface area is 97.2 Å². The van der Waals surface area contributed by atoms with Crippen LogP contribution in [0.15, 0.2) is 18.2 Å². The minimum atomic E-state index is 0.634. The Morgan fingerprint density at radius 2 is 2.12 bits per heavy atom. The lowest BCUT2D eigenvalue weighted by atomic mass is 10.0. The number of anilines is 2. The van der Waals surface area contributed by atoms with Gasteiger partial charge in [0.2, 0.25) is 0 Å². The number of hydrogen-bond donors (Lipinski definition) is 2. The van der Waals surface area contributed by atoms with Gasteiger partial charge in [-0.25, -0.2) is 0 Å². The summed E-state index contributed by atoms with van der Waals surface area (Å²) >= 11 is 0. The van der Waals surface area contributed by atoms with Crippen LogP contribution in [0.5, 0.6) is 0 Å². The summed E-state index contributed by atoms with van der Waals surface area (Å²) in [5.41, 5.74) is 9.92. The van der Waals surface area contributed by atoms with Crippen LogP contribution in [-0.2, 0) is 0 Å².